The molecule has 1 aromatic heterocycles. The number of benzene rings is 1. The number of carbonyl (C=O) groups is 2. The average molecular weight is 250 g/mol. The normalized spacial score (nSPS) is 10.4. The lowest BCUT2D eigenvalue weighted by Crippen LogP contribution is -2.18. The van der Waals surface area contributed by atoms with E-state index < -0.39 is 5.97 Å². The van der Waals surface area contributed by atoms with Gasteiger partial charge in [-0.3, -0.25) is 4.79 Å². The Labute approximate surface area is 101 Å². The van der Waals surface area contributed by atoms with Gasteiger partial charge in [-0.1, -0.05) is 6.07 Å². The van der Waals surface area contributed by atoms with Crippen molar-refractivity contribution in [2.24, 2.45) is 0 Å². The number of aromatic carboxylic acids is 1. The number of rotatable bonds is 3. The number of nitrogens with zero attached hydrogens (tertiary/aromatic N) is 1. The summed E-state index contributed by atoms with van der Waals surface area (Å²) in [6.45, 7) is 1.75. The zero-order valence-corrected chi connectivity index (χ0v) is 9.87. The van der Waals surface area contributed by atoms with Crippen molar-refractivity contribution in [1.82, 2.24) is 10.3 Å². The van der Waals surface area contributed by atoms with Gasteiger partial charge in [-0.2, -0.15) is 0 Å². The molecule has 17 heavy (non-hydrogen) atoms. The van der Waals surface area contributed by atoms with E-state index in [0.717, 1.165) is 4.70 Å². The first-order valence-electron chi connectivity index (χ1n) is 4.94. The Morgan fingerprint density at radius 1 is 1.47 bits per heavy atom. The van der Waals surface area contributed by atoms with Gasteiger partial charge < -0.3 is 10.4 Å². The zero-order valence-electron chi connectivity index (χ0n) is 9.06. The van der Waals surface area contributed by atoms with E-state index in [1.807, 2.05) is 6.07 Å². The first kappa shape index (κ1) is 11.5. The first-order chi connectivity index (χ1) is 8.08. The van der Waals surface area contributed by atoms with Gasteiger partial charge in [-0.05, 0) is 12.1 Å². The highest BCUT2D eigenvalue weighted by Gasteiger charge is 2.12. The summed E-state index contributed by atoms with van der Waals surface area (Å²) in [5.41, 5.74) is 0.665. The number of carbonyl (C=O) groups excluding carboxylic acids is 1. The summed E-state index contributed by atoms with van der Waals surface area (Å²) in [6, 6.07) is 5.02. The molecule has 0 aliphatic rings. The summed E-state index contributed by atoms with van der Waals surface area (Å²) in [5.74, 6) is -1.13. The fraction of sp³-hybridized carbons (Fsp3) is 0.182. The second-order valence-electron chi connectivity index (χ2n) is 3.47. The van der Waals surface area contributed by atoms with Gasteiger partial charge in [0.05, 0.1) is 22.3 Å². The predicted octanol–water partition coefficient (Wildman–Crippen LogP) is 1.63. The second-order valence-corrected chi connectivity index (χ2v) is 4.59. The van der Waals surface area contributed by atoms with Crippen molar-refractivity contribution in [3.8, 4) is 0 Å². The number of para-hydroxylation sites is 1. The van der Waals surface area contributed by atoms with Gasteiger partial charge in [-0.15, -0.1) is 11.3 Å². The van der Waals surface area contributed by atoms with Crippen LogP contribution in [0.2, 0.25) is 0 Å². The Kier molecular flexibility index (Phi) is 3.06. The quantitative estimate of drug-likeness (QED) is 0.867. The molecule has 0 aliphatic carbocycles. The summed E-state index contributed by atoms with van der Waals surface area (Å²) in [7, 11) is 0. The third-order valence-electron chi connectivity index (χ3n) is 2.18. The number of hydrogen-bond acceptors (Lipinski definition) is 4. The van der Waals surface area contributed by atoms with Crippen LogP contribution in [0.15, 0.2) is 18.2 Å². The molecule has 0 saturated heterocycles. The lowest BCUT2D eigenvalue weighted by atomic mass is 10.2. The minimum atomic E-state index is -0.994. The predicted molar refractivity (Wildman–Crippen MR) is 64.1 cm³/mol. The minimum absolute atomic E-state index is 0.136. The molecule has 0 aliphatic heterocycles. The van der Waals surface area contributed by atoms with Crippen molar-refractivity contribution in [1.29, 1.82) is 0 Å². The molecule has 0 fully saturated rings. The van der Waals surface area contributed by atoms with Gasteiger partial charge >= 0.3 is 5.97 Å². The molecule has 0 atom stereocenters. The number of hydrogen-bond donors (Lipinski definition) is 2. The van der Waals surface area contributed by atoms with Gasteiger partial charge in [-0.25, -0.2) is 9.78 Å². The molecule has 2 rings (SSSR count). The summed E-state index contributed by atoms with van der Waals surface area (Å²) in [4.78, 5) is 26.0. The van der Waals surface area contributed by atoms with E-state index in [0.29, 0.717) is 17.1 Å². The van der Waals surface area contributed by atoms with Gasteiger partial charge in [0.2, 0.25) is 5.91 Å². The molecule has 0 bridgehead atoms. The number of carboxylic acids is 1. The van der Waals surface area contributed by atoms with Crippen LogP contribution in [0.1, 0.15) is 22.3 Å². The Morgan fingerprint density at radius 2 is 2.24 bits per heavy atom. The van der Waals surface area contributed by atoms with Crippen LogP contribution in [0.25, 0.3) is 10.2 Å². The third-order valence-corrected chi connectivity index (χ3v) is 3.20. The maximum Gasteiger partial charge on any atom is 0.337 e. The zero-order chi connectivity index (χ0) is 12.4. The maximum atomic E-state index is 11.0. The molecule has 0 unspecified atom stereocenters. The monoisotopic (exact) mass is 250 g/mol. The van der Waals surface area contributed by atoms with Crippen LogP contribution in [-0.2, 0) is 11.3 Å². The maximum absolute atomic E-state index is 11.0. The van der Waals surface area contributed by atoms with E-state index in [2.05, 4.69) is 10.3 Å². The summed E-state index contributed by atoms with van der Waals surface area (Å²) >= 11 is 1.38. The SMILES string of the molecule is CC(=O)NCc1nc2c(C(=O)O)cccc2s1. The van der Waals surface area contributed by atoms with Gasteiger partial charge in [0.15, 0.2) is 0 Å². The number of carboxylic acid groups (broad SMARTS) is 1. The number of amides is 1. The van der Waals surface area contributed by atoms with Crippen LogP contribution >= 0.6 is 11.3 Å². The molecule has 1 aromatic carbocycles. The van der Waals surface area contributed by atoms with Crippen LogP contribution in [-0.4, -0.2) is 22.0 Å². The number of aromatic nitrogens is 1. The summed E-state index contributed by atoms with van der Waals surface area (Å²) < 4.78 is 0.810. The van der Waals surface area contributed by atoms with Crippen LogP contribution in [0.5, 0.6) is 0 Å². The van der Waals surface area contributed by atoms with Crippen molar-refractivity contribution < 1.29 is 14.7 Å². The highest BCUT2D eigenvalue weighted by atomic mass is 32.1. The number of nitrogens with one attached hydrogen (secondary N) is 1. The Hall–Kier alpha value is -1.95. The summed E-state index contributed by atoms with van der Waals surface area (Å²) in [5, 5.41) is 12.3. The lowest BCUT2D eigenvalue weighted by Gasteiger charge is -1.95. The molecule has 1 amide bonds. The van der Waals surface area contributed by atoms with Crippen molar-refractivity contribution in [3.63, 3.8) is 0 Å². The topological polar surface area (TPSA) is 79.3 Å². The molecule has 2 aromatic rings. The molecule has 0 spiro atoms. The van der Waals surface area contributed by atoms with E-state index in [-0.39, 0.29) is 11.5 Å². The number of thiazole rings is 1. The van der Waals surface area contributed by atoms with Crippen molar-refractivity contribution in [2.45, 2.75) is 13.5 Å². The van der Waals surface area contributed by atoms with Gasteiger partial charge in [0.1, 0.15) is 5.01 Å². The van der Waals surface area contributed by atoms with Crippen LogP contribution in [0, 0.1) is 0 Å². The van der Waals surface area contributed by atoms with E-state index in [4.69, 9.17) is 5.11 Å². The van der Waals surface area contributed by atoms with Crippen LogP contribution in [0.4, 0.5) is 0 Å². The van der Waals surface area contributed by atoms with Gasteiger partial charge in [0.25, 0.3) is 0 Å². The highest BCUT2D eigenvalue weighted by Crippen LogP contribution is 2.24. The van der Waals surface area contributed by atoms with Crippen molar-refractivity contribution in [3.05, 3.63) is 28.8 Å². The molecular formula is C11H10N2O3S. The minimum Gasteiger partial charge on any atom is -0.478 e. The Bertz CT molecular complexity index is 591. The summed E-state index contributed by atoms with van der Waals surface area (Å²) in [6.07, 6.45) is 0. The molecule has 1 heterocycles. The van der Waals surface area contributed by atoms with Crippen LogP contribution < -0.4 is 5.32 Å². The molecular weight excluding hydrogens is 240 g/mol. The van der Waals surface area contributed by atoms with Crippen molar-refractivity contribution >= 4 is 33.4 Å². The second kappa shape index (κ2) is 4.50. The third kappa shape index (κ3) is 2.42. The Balaban J connectivity index is 2.39. The van der Waals surface area contributed by atoms with E-state index in [1.165, 1.54) is 24.3 Å². The number of fused-ring (bicyclic) bond motifs is 1. The highest BCUT2D eigenvalue weighted by molar-refractivity contribution is 7.18. The van der Waals surface area contributed by atoms with Crippen LogP contribution in [0.3, 0.4) is 0 Å². The van der Waals surface area contributed by atoms with E-state index in [9.17, 15) is 9.59 Å². The Morgan fingerprint density at radius 3 is 2.88 bits per heavy atom. The molecule has 2 N–H and O–H groups in total. The standard InChI is InChI=1S/C11H10N2O3S/c1-6(14)12-5-9-13-10-7(11(15)16)3-2-4-8(10)17-9/h2-4H,5H2,1H3,(H,12,14)(H,15,16). The smallest absolute Gasteiger partial charge is 0.337 e. The fourth-order valence-electron chi connectivity index (χ4n) is 1.44. The van der Waals surface area contributed by atoms with Crippen molar-refractivity contribution in [2.75, 3.05) is 0 Å². The fourth-order valence-corrected chi connectivity index (χ4v) is 2.38. The molecule has 0 saturated carbocycles. The van der Waals surface area contributed by atoms with E-state index in [1.54, 1.807) is 6.07 Å². The largest absolute Gasteiger partial charge is 0.478 e. The molecule has 0 radical (unpaired) electrons. The lowest BCUT2D eigenvalue weighted by molar-refractivity contribution is -0.119. The van der Waals surface area contributed by atoms with E-state index >= 15 is 0 Å². The van der Waals surface area contributed by atoms with Gasteiger partial charge in [0, 0.05) is 6.92 Å². The first-order valence-corrected chi connectivity index (χ1v) is 5.75. The molecule has 6 heteroatoms. The molecule has 5 nitrogen and oxygen atoms in total. The molecule has 88 valence electrons. The average Bonchev–Trinajstić information content (AvgIpc) is 2.68.